The van der Waals surface area contributed by atoms with Gasteiger partial charge in [-0.3, -0.25) is 19.2 Å². The fraction of sp³-hybridized carbons (Fsp3) is 0.611. The third kappa shape index (κ3) is 5.46. The van der Waals surface area contributed by atoms with Gasteiger partial charge in [0.15, 0.2) is 0 Å². The van der Waals surface area contributed by atoms with E-state index in [4.69, 9.17) is 42.9 Å². The van der Waals surface area contributed by atoms with Gasteiger partial charge in [-0.05, 0) is 20.8 Å². The van der Waals surface area contributed by atoms with Crippen LogP contribution in [0.4, 0.5) is 0 Å². The summed E-state index contributed by atoms with van der Waals surface area (Å²) in [5, 5.41) is 3.71. The molecule has 1 unspecified atom stereocenters. The standard InChI is InChI=1S/C18H23ClN2O8S/c1-10(19)7-12(30)20-11-8-28-21(14(11)23)18(6-5-13(22)29-18)16(25)27-9-26-15(24)17(2,3)4/h11H,1,5-9H2,2-4H3,(H,20,30)/t11-,18?/m0/s1. The number of thiocarbonyl (C=S) groups is 1. The van der Waals surface area contributed by atoms with Crippen molar-refractivity contribution in [1.82, 2.24) is 10.4 Å². The topological polar surface area (TPSA) is 120 Å². The van der Waals surface area contributed by atoms with Crippen LogP contribution in [0.25, 0.3) is 0 Å². The number of carbonyl (C=O) groups is 4. The lowest BCUT2D eigenvalue weighted by Crippen LogP contribution is -2.57. The summed E-state index contributed by atoms with van der Waals surface area (Å²) in [6.07, 6.45) is -0.159. The van der Waals surface area contributed by atoms with Gasteiger partial charge in [-0.2, -0.15) is 5.06 Å². The Bertz CT molecular complexity index is 781. The highest BCUT2D eigenvalue weighted by molar-refractivity contribution is 7.80. The van der Waals surface area contributed by atoms with Crippen molar-refractivity contribution in [3.63, 3.8) is 0 Å². The summed E-state index contributed by atoms with van der Waals surface area (Å²) in [7, 11) is 0. The number of halogens is 1. The molecular weight excluding hydrogens is 440 g/mol. The Hall–Kier alpha value is -2.24. The quantitative estimate of drug-likeness (QED) is 0.336. The van der Waals surface area contributed by atoms with E-state index in [1.54, 1.807) is 20.8 Å². The first kappa shape index (κ1) is 24.0. The first-order valence-electron chi connectivity index (χ1n) is 9.03. The highest BCUT2D eigenvalue weighted by atomic mass is 35.5. The first-order valence-corrected chi connectivity index (χ1v) is 9.81. The molecule has 10 nitrogen and oxygen atoms in total. The molecule has 1 amide bonds. The van der Waals surface area contributed by atoms with Crippen LogP contribution in [0, 0.1) is 5.41 Å². The largest absolute Gasteiger partial charge is 0.427 e. The van der Waals surface area contributed by atoms with E-state index < -0.39 is 47.8 Å². The molecule has 0 radical (unpaired) electrons. The van der Waals surface area contributed by atoms with Gasteiger partial charge >= 0.3 is 23.6 Å². The number of rotatable bonds is 7. The van der Waals surface area contributed by atoms with Crippen LogP contribution in [0.3, 0.4) is 0 Å². The molecule has 12 heteroatoms. The van der Waals surface area contributed by atoms with Crippen molar-refractivity contribution in [2.45, 2.75) is 51.8 Å². The van der Waals surface area contributed by atoms with Gasteiger partial charge in [-0.15, -0.1) is 0 Å². The Labute approximate surface area is 183 Å². The maximum Gasteiger partial charge on any atom is 0.377 e. The monoisotopic (exact) mass is 462 g/mol. The molecule has 2 aliphatic rings. The molecule has 2 heterocycles. The predicted octanol–water partition coefficient (Wildman–Crippen LogP) is 1.31. The van der Waals surface area contributed by atoms with E-state index in [-0.39, 0.29) is 35.9 Å². The number of hydroxylamine groups is 2. The van der Waals surface area contributed by atoms with Crippen LogP contribution in [-0.4, -0.2) is 59.0 Å². The third-order valence-corrected chi connectivity index (χ3v) is 4.54. The molecule has 30 heavy (non-hydrogen) atoms. The van der Waals surface area contributed by atoms with Crippen molar-refractivity contribution in [1.29, 1.82) is 0 Å². The van der Waals surface area contributed by atoms with Gasteiger partial charge < -0.3 is 19.5 Å². The molecule has 1 N–H and O–H groups in total. The average Bonchev–Trinajstić information content (AvgIpc) is 3.17. The summed E-state index contributed by atoms with van der Waals surface area (Å²) in [5.41, 5.74) is -2.92. The van der Waals surface area contributed by atoms with Crippen molar-refractivity contribution >= 4 is 52.6 Å². The Morgan fingerprint density at radius 3 is 2.57 bits per heavy atom. The van der Waals surface area contributed by atoms with Gasteiger partial charge in [-0.25, -0.2) is 4.79 Å². The van der Waals surface area contributed by atoms with Crippen LogP contribution in [0.15, 0.2) is 11.6 Å². The second kappa shape index (κ2) is 9.27. The number of nitrogens with one attached hydrogen (secondary N) is 1. The van der Waals surface area contributed by atoms with Crippen molar-refractivity contribution < 1.29 is 38.2 Å². The highest BCUT2D eigenvalue weighted by Gasteiger charge is 2.60. The number of carbonyl (C=O) groups excluding carboxylic acids is 4. The number of hydrogen-bond donors (Lipinski definition) is 1. The van der Waals surface area contributed by atoms with Crippen LogP contribution in [0.5, 0.6) is 0 Å². The van der Waals surface area contributed by atoms with Gasteiger partial charge in [-0.1, -0.05) is 30.4 Å². The lowest BCUT2D eigenvalue weighted by Gasteiger charge is -2.32. The Kier molecular flexibility index (Phi) is 7.43. The summed E-state index contributed by atoms with van der Waals surface area (Å²) in [6.45, 7) is 7.54. The number of hydrogen-bond acceptors (Lipinski definition) is 9. The van der Waals surface area contributed by atoms with Gasteiger partial charge in [0.1, 0.15) is 12.6 Å². The number of ether oxygens (including phenoxy) is 3. The minimum absolute atomic E-state index is 0.132. The summed E-state index contributed by atoms with van der Waals surface area (Å²) < 4.78 is 15.0. The zero-order chi connectivity index (χ0) is 22.7. The number of cyclic esters (lactones) is 1. The lowest BCUT2D eigenvalue weighted by molar-refractivity contribution is -0.262. The normalized spacial score (nSPS) is 23.7. The van der Waals surface area contributed by atoms with Crippen LogP contribution in [0.1, 0.15) is 40.0 Å². The predicted molar refractivity (Wildman–Crippen MR) is 106 cm³/mol. The van der Waals surface area contributed by atoms with E-state index in [1.165, 1.54) is 0 Å². The first-order chi connectivity index (χ1) is 13.9. The van der Waals surface area contributed by atoms with Crippen molar-refractivity contribution in [3.8, 4) is 0 Å². The van der Waals surface area contributed by atoms with Gasteiger partial charge in [0, 0.05) is 17.9 Å². The number of esters is 3. The number of amides is 1. The van der Waals surface area contributed by atoms with Gasteiger partial charge in [0.05, 0.1) is 16.8 Å². The minimum Gasteiger partial charge on any atom is -0.427 e. The van der Waals surface area contributed by atoms with Gasteiger partial charge in [0.25, 0.3) is 5.91 Å². The SMILES string of the molecule is C=C(Cl)CC(=S)N[C@H]1CON(C2(C(=O)OCOC(=O)C(C)(C)C)CCC(=O)O2)C1=O. The maximum atomic E-state index is 12.8. The summed E-state index contributed by atoms with van der Waals surface area (Å²) >= 11 is 10.8. The smallest absolute Gasteiger partial charge is 0.377 e. The van der Waals surface area contributed by atoms with E-state index in [2.05, 4.69) is 11.9 Å². The Balaban J connectivity index is 2.08. The molecule has 0 aromatic rings. The molecule has 2 fully saturated rings. The average molecular weight is 463 g/mol. The fourth-order valence-corrected chi connectivity index (χ4v) is 3.16. The molecule has 0 saturated carbocycles. The molecule has 2 aliphatic heterocycles. The molecule has 2 rings (SSSR count). The summed E-state index contributed by atoms with van der Waals surface area (Å²) in [5.74, 6) is -3.09. The zero-order valence-corrected chi connectivity index (χ0v) is 18.4. The molecular formula is C18H23ClN2O8S. The van der Waals surface area contributed by atoms with E-state index in [0.717, 1.165) is 0 Å². The molecule has 166 valence electrons. The summed E-state index contributed by atoms with van der Waals surface area (Å²) in [4.78, 5) is 54.6. The fourth-order valence-electron chi connectivity index (χ4n) is 2.63. The Morgan fingerprint density at radius 2 is 2.03 bits per heavy atom. The van der Waals surface area contributed by atoms with Crippen molar-refractivity contribution in [2.24, 2.45) is 5.41 Å². The van der Waals surface area contributed by atoms with Crippen LogP contribution >= 0.6 is 23.8 Å². The van der Waals surface area contributed by atoms with E-state index >= 15 is 0 Å². The molecule has 0 aromatic heterocycles. The van der Waals surface area contributed by atoms with E-state index in [0.29, 0.717) is 5.06 Å². The zero-order valence-electron chi connectivity index (χ0n) is 16.8. The maximum absolute atomic E-state index is 12.8. The Morgan fingerprint density at radius 1 is 1.37 bits per heavy atom. The second-order valence-corrected chi connectivity index (χ2v) is 8.76. The molecule has 0 aliphatic carbocycles. The van der Waals surface area contributed by atoms with Crippen LogP contribution in [-0.2, 0) is 38.2 Å². The van der Waals surface area contributed by atoms with E-state index in [9.17, 15) is 19.2 Å². The number of nitrogens with zero attached hydrogens (tertiary/aromatic N) is 1. The molecule has 2 atom stereocenters. The molecule has 0 spiro atoms. The molecule has 2 saturated heterocycles. The lowest BCUT2D eigenvalue weighted by atomic mass is 9.98. The van der Waals surface area contributed by atoms with Crippen LogP contribution < -0.4 is 5.32 Å². The minimum atomic E-state index is -2.11. The van der Waals surface area contributed by atoms with Crippen LogP contribution in [0.2, 0.25) is 0 Å². The van der Waals surface area contributed by atoms with Gasteiger partial charge in [0.2, 0.25) is 6.79 Å². The van der Waals surface area contributed by atoms with Crippen molar-refractivity contribution in [3.05, 3.63) is 11.6 Å². The highest BCUT2D eigenvalue weighted by Crippen LogP contribution is 2.35. The van der Waals surface area contributed by atoms with E-state index in [1.807, 2.05) is 0 Å². The third-order valence-electron chi connectivity index (χ3n) is 4.15. The molecule has 0 bridgehead atoms. The molecule has 0 aromatic carbocycles. The van der Waals surface area contributed by atoms with Crippen molar-refractivity contribution in [2.75, 3.05) is 13.4 Å². The summed E-state index contributed by atoms with van der Waals surface area (Å²) in [6, 6.07) is -0.920. The second-order valence-electron chi connectivity index (χ2n) is 7.73.